The van der Waals surface area contributed by atoms with Crippen LogP contribution in [0.15, 0.2) is 48.5 Å². The number of pyridine rings is 1. The Bertz CT molecular complexity index is 1310. The maximum atomic E-state index is 5.78. The lowest BCUT2D eigenvalue weighted by atomic mass is 9.99. The number of hydrogen-bond acceptors (Lipinski definition) is 6. The third kappa shape index (κ3) is 3.80. The topological polar surface area (TPSA) is 66.3 Å². The van der Waals surface area contributed by atoms with E-state index >= 15 is 0 Å². The molecule has 0 atom stereocenters. The molecule has 0 radical (unpaired) electrons. The number of benzene rings is 2. The molecule has 1 aliphatic heterocycles. The van der Waals surface area contributed by atoms with Crippen molar-refractivity contribution >= 4 is 17.2 Å². The summed E-state index contributed by atoms with van der Waals surface area (Å²) in [7, 11) is 1.66. The standard InChI is InChI=1S/C26H27N3O4/c1-5-31-19-13-16(2)24(17(3)14-19)25-26(29-22(28-25)7-6-8-23(29)30-4)27-18-9-10-20-21(15-18)33-12-11-32-20/h6-10,13-15,27H,5,11-12H2,1-4H3. The first-order chi connectivity index (χ1) is 16.1. The summed E-state index contributed by atoms with van der Waals surface area (Å²) in [5.74, 6) is 3.84. The smallest absolute Gasteiger partial charge is 0.200 e. The van der Waals surface area contributed by atoms with Crippen LogP contribution in [0.5, 0.6) is 23.1 Å². The number of ether oxygens (including phenoxy) is 4. The summed E-state index contributed by atoms with van der Waals surface area (Å²) in [6.45, 7) is 7.88. The summed E-state index contributed by atoms with van der Waals surface area (Å²) >= 11 is 0. The van der Waals surface area contributed by atoms with Gasteiger partial charge in [0.2, 0.25) is 5.88 Å². The number of hydrogen-bond donors (Lipinski definition) is 1. The van der Waals surface area contributed by atoms with Gasteiger partial charge in [-0.2, -0.15) is 0 Å². The molecule has 0 saturated heterocycles. The maximum Gasteiger partial charge on any atom is 0.200 e. The third-order valence-electron chi connectivity index (χ3n) is 5.68. The van der Waals surface area contributed by atoms with Crippen LogP contribution in [0.1, 0.15) is 18.1 Å². The lowest BCUT2D eigenvalue weighted by molar-refractivity contribution is 0.171. The second kappa shape index (κ2) is 8.58. The highest BCUT2D eigenvalue weighted by Gasteiger charge is 2.21. The first kappa shape index (κ1) is 21.0. The predicted molar refractivity (Wildman–Crippen MR) is 129 cm³/mol. The van der Waals surface area contributed by atoms with E-state index in [2.05, 4.69) is 31.3 Å². The zero-order valence-corrected chi connectivity index (χ0v) is 19.3. The number of nitrogens with one attached hydrogen (secondary N) is 1. The summed E-state index contributed by atoms with van der Waals surface area (Å²) in [6, 6.07) is 15.8. The molecule has 7 nitrogen and oxygen atoms in total. The fourth-order valence-electron chi connectivity index (χ4n) is 4.32. The van der Waals surface area contributed by atoms with Crippen LogP contribution < -0.4 is 24.3 Å². The van der Waals surface area contributed by atoms with Crippen molar-refractivity contribution in [1.82, 2.24) is 9.38 Å². The molecular formula is C26H27N3O4. The monoisotopic (exact) mass is 445 g/mol. The van der Waals surface area contributed by atoms with E-state index in [1.165, 1.54) is 0 Å². The van der Waals surface area contributed by atoms with Gasteiger partial charge in [-0.25, -0.2) is 9.38 Å². The average molecular weight is 446 g/mol. The molecule has 0 bridgehead atoms. The number of aryl methyl sites for hydroxylation is 2. The van der Waals surface area contributed by atoms with Crippen molar-refractivity contribution in [3.8, 4) is 34.4 Å². The minimum Gasteiger partial charge on any atom is -0.494 e. The molecule has 2 aromatic heterocycles. The van der Waals surface area contributed by atoms with Crippen LogP contribution in [-0.2, 0) is 0 Å². The normalized spacial score (nSPS) is 12.6. The Kier molecular flexibility index (Phi) is 5.46. The van der Waals surface area contributed by atoms with Gasteiger partial charge in [-0.15, -0.1) is 0 Å². The first-order valence-electron chi connectivity index (χ1n) is 11.1. The summed E-state index contributed by atoms with van der Waals surface area (Å²) in [5, 5.41) is 3.57. The van der Waals surface area contributed by atoms with Gasteiger partial charge >= 0.3 is 0 Å². The van der Waals surface area contributed by atoms with Crippen molar-refractivity contribution in [2.75, 3.05) is 32.2 Å². The number of anilines is 2. The Morgan fingerprint density at radius 2 is 1.76 bits per heavy atom. The van der Waals surface area contributed by atoms with Gasteiger partial charge in [0.1, 0.15) is 36.1 Å². The van der Waals surface area contributed by atoms with Gasteiger partial charge < -0.3 is 24.3 Å². The molecule has 0 fully saturated rings. The van der Waals surface area contributed by atoms with Gasteiger partial charge in [0.15, 0.2) is 11.5 Å². The SMILES string of the molecule is CCOc1cc(C)c(-c2nc3cccc(OC)n3c2Nc2ccc3c(c2)OCCO3)c(C)c1. The first-order valence-corrected chi connectivity index (χ1v) is 11.1. The largest absolute Gasteiger partial charge is 0.494 e. The van der Waals surface area contributed by atoms with E-state index in [4.69, 9.17) is 23.9 Å². The Labute approximate surface area is 192 Å². The van der Waals surface area contributed by atoms with Crippen molar-refractivity contribution in [1.29, 1.82) is 0 Å². The van der Waals surface area contributed by atoms with E-state index in [0.29, 0.717) is 25.7 Å². The molecule has 0 saturated carbocycles. The van der Waals surface area contributed by atoms with E-state index in [0.717, 1.165) is 56.8 Å². The van der Waals surface area contributed by atoms with Crippen molar-refractivity contribution < 1.29 is 18.9 Å². The van der Waals surface area contributed by atoms with Crippen LogP contribution in [-0.4, -0.2) is 36.3 Å². The summed E-state index contributed by atoms with van der Waals surface area (Å²) < 4.78 is 24.9. The summed E-state index contributed by atoms with van der Waals surface area (Å²) in [4.78, 5) is 5.00. The minimum absolute atomic E-state index is 0.537. The highest BCUT2D eigenvalue weighted by Crippen LogP contribution is 2.40. The predicted octanol–water partition coefficient (Wildman–Crippen LogP) is 5.54. The zero-order chi connectivity index (χ0) is 22.9. The molecule has 170 valence electrons. The maximum absolute atomic E-state index is 5.78. The van der Waals surface area contributed by atoms with Gasteiger partial charge in [0, 0.05) is 17.3 Å². The van der Waals surface area contributed by atoms with Crippen molar-refractivity contribution in [2.24, 2.45) is 0 Å². The number of methoxy groups -OCH3 is 1. The van der Waals surface area contributed by atoms with Gasteiger partial charge in [-0.3, -0.25) is 0 Å². The van der Waals surface area contributed by atoms with Gasteiger partial charge in [-0.1, -0.05) is 6.07 Å². The van der Waals surface area contributed by atoms with Crippen molar-refractivity contribution in [3.05, 3.63) is 59.7 Å². The van der Waals surface area contributed by atoms with Crippen LogP contribution in [0.3, 0.4) is 0 Å². The third-order valence-corrected chi connectivity index (χ3v) is 5.68. The highest BCUT2D eigenvalue weighted by atomic mass is 16.6. The molecule has 0 aliphatic carbocycles. The van der Waals surface area contributed by atoms with Crippen LogP contribution in [0.4, 0.5) is 11.5 Å². The Morgan fingerprint density at radius 1 is 1.00 bits per heavy atom. The Hall–Kier alpha value is -3.87. The van der Waals surface area contributed by atoms with Crippen molar-refractivity contribution in [2.45, 2.75) is 20.8 Å². The fourth-order valence-corrected chi connectivity index (χ4v) is 4.32. The highest BCUT2D eigenvalue weighted by molar-refractivity contribution is 5.84. The van der Waals surface area contributed by atoms with E-state index in [9.17, 15) is 0 Å². The van der Waals surface area contributed by atoms with Crippen LogP contribution in [0.25, 0.3) is 16.9 Å². The molecular weight excluding hydrogens is 418 g/mol. The molecule has 33 heavy (non-hydrogen) atoms. The molecule has 5 rings (SSSR count). The van der Waals surface area contributed by atoms with E-state index in [1.54, 1.807) is 7.11 Å². The van der Waals surface area contributed by atoms with Crippen molar-refractivity contribution in [3.63, 3.8) is 0 Å². The Morgan fingerprint density at radius 3 is 2.48 bits per heavy atom. The molecule has 1 N–H and O–H groups in total. The molecule has 3 heterocycles. The molecule has 0 unspecified atom stereocenters. The fraction of sp³-hybridized carbons (Fsp3) is 0.269. The lowest BCUT2D eigenvalue weighted by Gasteiger charge is -2.20. The molecule has 7 heteroatoms. The second-order valence-electron chi connectivity index (χ2n) is 7.92. The number of fused-ring (bicyclic) bond motifs is 2. The van der Waals surface area contributed by atoms with E-state index < -0.39 is 0 Å². The van der Waals surface area contributed by atoms with Crippen LogP contribution >= 0.6 is 0 Å². The van der Waals surface area contributed by atoms with Crippen LogP contribution in [0, 0.1) is 13.8 Å². The summed E-state index contributed by atoms with van der Waals surface area (Å²) in [6.07, 6.45) is 0. The van der Waals surface area contributed by atoms with E-state index in [1.807, 2.05) is 47.7 Å². The van der Waals surface area contributed by atoms with Gasteiger partial charge in [0.05, 0.1) is 13.7 Å². The number of rotatable bonds is 6. The summed E-state index contributed by atoms with van der Waals surface area (Å²) in [5.41, 5.74) is 5.74. The molecule has 0 amide bonds. The van der Waals surface area contributed by atoms with E-state index in [-0.39, 0.29) is 0 Å². The quantitative estimate of drug-likeness (QED) is 0.420. The number of aromatic nitrogens is 2. The minimum atomic E-state index is 0.537. The molecule has 1 aliphatic rings. The van der Waals surface area contributed by atoms with Crippen LogP contribution in [0.2, 0.25) is 0 Å². The second-order valence-corrected chi connectivity index (χ2v) is 7.92. The van der Waals surface area contributed by atoms with Gasteiger partial charge in [-0.05, 0) is 68.3 Å². The molecule has 0 spiro atoms. The lowest BCUT2D eigenvalue weighted by Crippen LogP contribution is -2.15. The molecule has 4 aromatic rings. The molecule has 2 aromatic carbocycles. The Balaban J connectivity index is 1.69. The van der Waals surface area contributed by atoms with Gasteiger partial charge in [0.25, 0.3) is 0 Å². The number of nitrogens with zero attached hydrogens (tertiary/aromatic N) is 2. The number of imidazole rings is 1. The average Bonchev–Trinajstić information content (AvgIpc) is 3.16. The zero-order valence-electron chi connectivity index (χ0n) is 19.3.